The highest BCUT2D eigenvalue weighted by molar-refractivity contribution is 5.97. The third-order valence-corrected chi connectivity index (χ3v) is 6.21. The van der Waals surface area contributed by atoms with Crippen LogP contribution in [0.3, 0.4) is 0 Å². The Kier molecular flexibility index (Phi) is 6.04. The summed E-state index contributed by atoms with van der Waals surface area (Å²) in [6.07, 6.45) is 0.940. The summed E-state index contributed by atoms with van der Waals surface area (Å²) in [5, 5.41) is 4.15. The molecular weight excluding hydrogens is 426 g/mol. The summed E-state index contributed by atoms with van der Waals surface area (Å²) < 4.78 is 5.46. The van der Waals surface area contributed by atoms with Crippen LogP contribution in [0.4, 0.5) is 10.5 Å². The molecule has 1 aliphatic rings. The standard InChI is InChI=1S/C28H27N3O3/c1-19-15-23-16-22(12-13-25(23)29-19)21-9-5-10-24(17-21)30-27(32)26-11-6-14-31(26)28(33)34-18-20-7-3-2-4-8-20/h2-5,7-10,12-13,15-17,26,29H,6,11,14,18H2,1H3,(H,30,32). The Morgan fingerprint density at radius 2 is 1.82 bits per heavy atom. The van der Waals surface area contributed by atoms with Crippen LogP contribution in [0.15, 0.2) is 78.9 Å². The molecule has 1 aromatic heterocycles. The number of amides is 2. The molecule has 1 unspecified atom stereocenters. The predicted octanol–water partition coefficient (Wildman–Crippen LogP) is 5.88. The number of nitrogens with zero attached hydrogens (tertiary/aromatic N) is 1. The summed E-state index contributed by atoms with van der Waals surface area (Å²) in [4.78, 5) is 30.6. The maximum atomic E-state index is 13.1. The zero-order chi connectivity index (χ0) is 23.5. The first-order valence-electron chi connectivity index (χ1n) is 11.5. The van der Waals surface area contributed by atoms with Crippen molar-refractivity contribution in [2.45, 2.75) is 32.4 Å². The second kappa shape index (κ2) is 9.43. The number of aromatic nitrogens is 1. The molecule has 4 aromatic rings. The number of fused-ring (bicyclic) bond motifs is 1. The van der Waals surface area contributed by atoms with Gasteiger partial charge < -0.3 is 15.0 Å². The molecule has 1 saturated heterocycles. The number of nitrogens with one attached hydrogen (secondary N) is 2. The maximum absolute atomic E-state index is 13.1. The number of H-pyrrole nitrogens is 1. The largest absolute Gasteiger partial charge is 0.445 e. The lowest BCUT2D eigenvalue weighted by Crippen LogP contribution is -2.43. The van der Waals surface area contributed by atoms with Gasteiger partial charge in [-0.3, -0.25) is 9.69 Å². The zero-order valence-electron chi connectivity index (χ0n) is 19.1. The summed E-state index contributed by atoms with van der Waals surface area (Å²) >= 11 is 0. The number of anilines is 1. The van der Waals surface area contributed by atoms with Crippen LogP contribution in [0.1, 0.15) is 24.1 Å². The Morgan fingerprint density at radius 1 is 1.00 bits per heavy atom. The fraction of sp³-hybridized carbons (Fsp3) is 0.214. The molecule has 6 nitrogen and oxygen atoms in total. The van der Waals surface area contributed by atoms with Crippen molar-refractivity contribution in [2.24, 2.45) is 0 Å². The number of rotatable bonds is 5. The number of carbonyl (C=O) groups is 2. The molecule has 2 N–H and O–H groups in total. The molecule has 2 amide bonds. The fourth-order valence-electron chi connectivity index (χ4n) is 4.52. The molecule has 6 heteroatoms. The minimum atomic E-state index is -0.536. The minimum absolute atomic E-state index is 0.192. The summed E-state index contributed by atoms with van der Waals surface area (Å²) in [6.45, 7) is 2.75. The van der Waals surface area contributed by atoms with Crippen LogP contribution >= 0.6 is 0 Å². The van der Waals surface area contributed by atoms with Crippen LogP contribution in [0.25, 0.3) is 22.0 Å². The van der Waals surface area contributed by atoms with Gasteiger partial charge in [0.15, 0.2) is 0 Å². The number of hydrogen-bond acceptors (Lipinski definition) is 3. The van der Waals surface area contributed by atoms with Gasteiger partial charge in [0.05, 0.1) is 0 Å². The lowest BCUT2D eigenvalue weighted by atomic mass is 10.0. The van der Waals surface area contributed by atoms with E-state index in [1.165, 1.54) is 4.90 Å². The van der Waals surface area contributed by atoms with Crippen LogP contribution in [0.5, 0.6) is 0 Å². The molecule has 1 aliphatic heterocycles. The van der Waals surface area contributed by atoms with E-state index in [0.717, 1.165) is 39.7 Å². The number of likely N-dealkylation sites (tertiary alicyclic amines) is 1. The van der Waals surface area contributed by atoms with Crippen molar-refractivity contribution in [1.29, 1.82) is 0 Å². The first kappa shape index (κ1) is 21.8. The highest BCUT2D eigenvalue weighted by atomic mass is 16.6. The van der Waals surface area contributed by atoms with E-state index in [1.807, 2.05) is 61.5 Å². The third-order valence-electron chi connectivity index (χ3n) is 6.21. The molecule has 0 saturated carbocycles. The van der Waals surface area contributed by atoms with Gasteiger partial charge in [0.25, 0.3) is 0 Å². The number of hydrogen-bond donors (Lipinski definition) is 2. The number of carbonyl (C=O) groups excluding carboxylic acids is 2. The number of benzene rings is 3. The number of aryl methyl sites for hydroxylation is 1. The van der Waals surface area contributed by atoms with E-state index >= 15 is 0 Å². The average Bonchev–Trinajstić information content (AvgIpc) is 3.49. The lowest BCUT2D eigenvalue weighted by molar-refractivity contribution is -0.120. The average molecular weight is 454 g/mol. The van der Waals surface area contributed by atoms with Gasteiger partial charge in [0, 0.05) is 28.8 Å². The maximum Gasteiger partial charge on any atom is 0.410 e. The van der Waals surface area contributed by atoms with E-state index in [4.69, 9.17) is 4.74 Å². The van der Waals surface area contributed by atoms with Gasteiger partial charge in [-0.2, -0.15) is 0 Å². The highest BCUT2D eigenvalue weighted by Gasteiger charge is 2.35. The number of aromatic amines is 1. The van der Waals surface area contributed by atoms with Crippen molar-refractivity contribution < 1.29 is 14.3 Å². The van der Waals surface area contributed by atoms with E-state index in [1.54, 1.807) is 0 Å². The van der Waals surface area contributed by atoms with E-state index in [-0.39, 0.29) is 12.5 Å². The first-order valence-corrected chi connectivity index (χ1v) is 11.5. The molecule has 1 fully saturated rings. The summed E-state index contributed by atoms with van der Waals surface area (Å²) in [5.41, 5.74) is 5.94. The predicted molar refractivity (Wildman–Crippen MR) is 133 cm³/mol. The summed E-state index contributed by atoms with van der Waals surface area (Å²) in [6, 6.07) is 25.2. The zero-order valence-corrected chi connectivity index (χ0v) is 19.1. The second-order valence-electron chi connectivity index (χ2n) is 8.72. The topological polar surface area (TPSA) is 74.4 Å². The molecule has 5 rings (SSSR count). The monoisotopic (exact) mass is 453 g/mol. The van der Waals surface area contributed by atoms with Gasteiger partial charge in [0.1, 0.15) is 12.6 Å². The van der Waals surface area contributed by atoms with Gasteiger partial charge in [-0.05, 0) is 66.8 Å². The molecule has 0 bridgehead atoms. The fourth-order valence-corrected chi connectivity index (χ4v) is 4.52. The van der Waals surface area contributed by atoms with Crippen LogP contribution < -0.4 is 5.32 Å². The Bertz CT molecular complexity index is 1330. The van der Waals surface area contributed by atoms with E-state index < -0.39 is 12.1 Å². The smallest absolute Gasteiger partial charge is 0.410 e. The molecule has 3 aromatic carbocycles. The minimum Gasteiger partial charge on any atom is -0.445 e. The van der Waals surface area contributed by atoms with Crippen molar-refractivity contribution in [3.63, 3.8) is 0 Å². The van der Waals surface area contributed by atoms with E-state index in [2.05, 4.69) is 34.6 Å². The molecule has 172 valence electrons. The molecule has 1 atom stereocenters. The molecular formula is C28H27N3O3. The highest BCUT2D eigenvalue weighted by Crippen LogP contribution is 2.27. The second-order valence-corrected chi connectivity index (χ2v) is 8.72. The van der Waals surface area contributed by atoms with Crippen LogP contribution in [0.2, 0.25) is 0 Å². The Balaban J connectivity index is 1.26. The van der Waals surface area contributed by atoms with Crippen LogP contribution in [0, 0.1) is 6.92 Å². The lowest BCUT2D eigenvalue weighted by Gasteiger charge is -2.23. The molecule has 2 heterocycles. The SMILES string of the molecule is Cc1cc2cc(-c3cccc(NC(=O)C4CCCN4C(=O)OCc4ccccc4)c3)ccc2[nH]1. The Morgan fingerprint density at radius 3 is 2.68 bits per heavy atom. The summed E-state index contributed by atoms with van der Waals surface area (Å²) in [7, 11) is 0. The normalized spacial score (nSPS) is 15.4. The van der Waals surface area contributed by atoms with Gasteiger partial charge in [-0.25, -0.2) is 4.79 Å². The van der Waals surface area contributed by atoms with Gasteiger partial charge in [-0.1, -0.05) is 48.5 Å². The van der Waals surface area contributed by atoms with Crippen molar-refractivity contribution in [3.8, 4) is 11.1 Å². The molecule has 0 aliphatic carbocycles. The van der Waals surface area contributed by atoms with Crippen molar-refractivity contribution in [2.75, 3.05) is 11.9 Å². The van der Waals surface area contributed by atoms with Gasteiger partial charge in [0.2, 0.25) is 5.91 Å². The van der Waals surface area contributed by atoms with E-state index in [9.17, 15) is 9.59 Å². The molecule has 34 heavy (non-hydrogen) atoms. The quantitative estimate of drug-likeness (QED) is 0.396. The van der Waals surface area contributed by atoms with Gasteiger partial charge in [-0.15, -0.1) is 0 Å². The third kappa shape index (κ3) is 4.66. The molecule has 0 spiro atoms. The molecule has 0 radical (unpaired) electrons. The summed E-state index contributed by atoms with van der Waals surface area (Å²) in [5.74, 6) is -0.192. The van der Waals surface area contributed by atoms with Crippen molar-refractivity contribution in [3.05, 3.63) is 90.1 Å². The van der Waals surface area contributed by atoms with Crippen molar-refractivity contribution in [1.82, 2.24) is 9.88 Å². The van der Waals surface area contributed by atoms with Crippen LogP contribution in [-0.4, -0.2) is 34.5 Å². The Hall–Kier alpha value is -4.06. The first-order chi connectivity index (χ1) is 16.6. The van der Waals surface area contributed by atoms with E-state index in [0.29, 0.717) is 18.7 Å². The van der Waals surface area contributed by atoms with Gasteiger partial charge >= 0.3 is 6.09 Å². The number of ether oxygens (including phenoxy) is 1. The Labute approximate surface area is 198 Å². The van der Waals surface area contributed by atoms with Crippen LogP contribution in [-0.2, 0) is 16.1 Å². The van der Waals surface area contributed by atoms with Crippen molar-refractivity contribution >= 4 is 28.6 Å².